The van der Waals surface area contributed by atoms with E-state index in [0.717, 1.165) is 18.7 Å². The van der Waals surface area contributed by atoms with E-state index in [1.807, 2.05) is 11.6 Å². The van der Waals surface area contributed by atoms with Gasteiger partial charge in [-0.3, -0.25) is 0 Å². The summed E-state index contributed by atoms with van der Waals surface area (Å²) in [4.78, 5) is 0. The van der Waals surface area contributed by atoms with Crippen LogP contribution >= 0.6 is 11.6 Å². The smallest absolute Gasteiger partial charge is 0.169 e. The third kappa shape index (κ3) is 1.52. The lowest BCUT2D eigenvalue weighted by Crippen LogP contribution is -2.29. The Labute approximate surface area is 88.6 Å². The number of nitrogens with zero attached hydrogens (tertiary/aromatic N) is 4. The van der Waals surface area contributed by atoms with Crippen LogP contribution in [-0.2, 0) is 5.54 Å². The van der Waals surface area contributed by atoms with Crippen molar-refractivity contribution in [1.29, 1.82) is 0 Å². The average Bonchev–Trinajstić information content (AvgIpc) is 2.71. The molecule has 0 saturated heterocycles. The van der Waals surface area contributed by atoms with Crippen molar-refractivity contribution in [3.8, 4) is 0 Å². The van der Waals surface area contributed by atoms with Crippen molar-refractivity contribution in [2.45, 2.75) is 50.4 Å². The largest absolute Gasteiger partial charge is 0.222 e. The molecule has 14 heavy (non-hydrogen) atoms. The summed E-state index contributed by atoms with van der Waals surface area (Å²) in [5, 5.41) is 11.6. The Morgan fingerprint density at radius 1 is 1.43 bits per heavy atom. The molecule has 5 heteroatoms. The van der Waals surface area contributed by atoms with Crippen molar-refractivity contribution in [3.63, 3.8) is 0 Å². The molecular formula is C9H15ClN4. The molecule has 78 valence electrons. The minimum atomic E-state index is -0.123. The zero-order chi connectivity index (χ0) is 10.2. The first kappa shape index (κ1) is 9.90. The predicted octanol–water partition coefficient (Wildman–Crippen LogP) is 2.26. The van der Waals surface area contributed by atoms with Crippen LogP contribution < -0.4 is 0 Å². The van der Waals surface area contributed by atoms with Gasteiger partial charge in [0, 0.05) is 0 Å². The molecule has 0 aliphatic heterocycles. The van der Waals surface area contributed by atoms with Crippen LogP contribution in [0, 0.1) is 0 Å². The Morgan fingerprint density at radius 3 is 2.64 bits per heavy atom. The molecule has 1 aromatic rings. The lowest BCUT2D eigenvalue weighted by molar-refractivity contribution is 0.279. The van der Waals surface area contributed by atoms with Gasteiger partial charge >= 0.3 is 0 Å². The Morgan fingerprint density at radius 2 is 2.07 bits per heavy atom. The molecule has 1 aliphatic rings. The standard InChI is InChI=1S/C9H15ClN4/c1-7(10)8-11-12-13-14(8)9(2)5-3-4-6-9/h7H,3-6H2,1-2H3. The van der Waals surface area contributed by atoms with E-state index in [2.05, 4.69) is 22.4 Å². The first-order valence-corrected chi connectivity index (χ1v) is 5.50. The van der Waals surface area contributed by atoms with Crippen LogP contribution in [0.15, 0.2) is 0 Å². The summed E-state index contributed by atoms with van der Waals surface area (Å²) in [5.74, 6) is 0.788. The van der Waals surface area contributed by atoms with E-state index in [9.17, 15) is 0 Å². The van der Waals surface area contributed by atoms with Gasteiger partial charge in [-0.15, -0.1) is 16.7 Å². The normalized spacial score (nSPS) is 22.5. The van der Waals surface area contributed by atoms with Gasteiger partial charge < -0.3 is 0 Å². The minimum absolute atomic E-state index is 0.0853. The van der Waals surface area contributed by atoms with Crippen LogP contribution in [0.25, 0.3) is 0 Å². The molecule has 0 spiro atoms. The number of hydrogen-bond donors (Lipinski definition) is 0. The summed E-state index contributed by atoms with van der Waals surface area (Å²) in [7, 11) is 0. The van der Waals surface area contributed by atoms with E-state index in [1.54, 1.807) is 0 Å². The molecule has 1 saturated carbocycles. The fourth-order valence-corrected chi connectivity index (χ4v) is 2.31. The molecule has 1 atom stereocenters. The highest BCUT2D eigenvalue weighted by Gasteiger charge is 2.34. The molecule has 1 heterocycles. The van der Waals surface area contributed by atoms with E-state index >= 15 is 0 Å². The first-order chi connectivity index (χ1) is 6.63. The molecule has 1 aromatic heterocycles. The number of rotatable bonds is 2. The van der Waals surface area contributed by atoms with E-state index in [1.165, 1.54) is 12.8 Å². The van der Waals surface area contributed by atoms with Gasteiger partial charge in [0.15, 0.2) is 5.82 Å². The second-order valence-corrected chi connectivity index (χ2v) is 4.92. The van der Waals surface area contributed by atoms with Crippen molar-refractivity contribution in [3.05, 3.63) is 5.82 Å². The topological polar surface area (TPSA) is 43.6 Å². The maximum Gasteiger partial charge on any atom is 0.169 e. The van der Waals surface area contributed by atoms with Crippen LogP contribution in [0.5, 0.6) is 0 Å². The fraction of sp³-hybridized carbons (Fsp3) is 0.889. The van der Waals surface area contributed by atoms with E-state index in [0.29, 0.717) is 0 Å². The lowest BCUT2D eigenvalue weighted by atomic mass is 10.0. The number of hydrogen-bond acceptors (Lipinski definition) is 3. The van der Waals surface area contributed by atoms with Gasteiger partial charge in [0.1, 0.15) is 0 Å². The van der Waals surface area contributed by atoms with Crippen molar-refractivity contribution in [2.24, 2.45) is 0 Å². The van der Waals surface area contributed by atoms with Gasteiger partial charge in [0.05, 0.1) is 10.9 Å². The molecule has 1 fully saturated rings. The van der Waals surface area contributed by atoms with Gasteiger partial charge in [0.2, 0.25) is 0 Å². The number of halogens is 1. The molecule has 0 bridgehead atoms. The summed E-state index contributed by atoms with van der Waals surface area (Å²) in [6.07, 6.45) is 4.81. The van der Waals surface area contributed by atoms with Gasteiger partial charge in [-0.1, -0.05) is 12.8 Å². The molecule has 4 nitrogen and oxygen atoms in total. The molecule has 1 aliphatic carbocycles. The van der Waals surface area contributed by atoms with Crippen molar-refractivity contribution < 1.29 is 0 Å². The zero-order valence-electron chi connectivity index (χ0n) is 8.57. The zero-order valence-corrected chi connectivity index (χ0v) is 9.33. The van der Waals surface area contributed by atoms with Crippen LogP contribution in [0.4, 0.5) is 0 Å². The number of alkyl halides is 1. The highest BCUT2D eigenvalue weighted by atomic mass is 35.5. The maximum absolute atomic E-state index is 6.03. The van der Waals surface area contributed by atoms with Crippen LogP contribution in [0.2, 0.25) is 0 Å². The summed E-state index contributed by atoms with van der Waals surface area (Å²) < 4.78 is 1.91. The summed E-state index contributed by atoms with van der Waals surface area (Å²) in [6.45, 7) is 4.11. The van der Waals surface area contributed by atoms with Crippen molar-refractivity contribution in [1.82, 2.24) is 20.2 Å². The molecule has 0 radical (unpaired) electrons. The van der Waals surface area contributed by atoms with Gasteiger partial charge in [-0.2, -0.15) is 0 Å². The summed E-state index contributed by atoms with van der Waals surface area (Å²) in [5.41, 5.74) is 0.0853. The number of tetrazole rings is 1. The quantitative estimate of drug-likeness (QED) is 0.710. The Hall–Kier alpha value is -0.640. The van der Waals surface area contributed by atoms with Gasteiger partial charge in [-0.25, -0.2) is 4.68 Å². The van der Waals surface area contributed by atoms with Crippen molar-refractivity contribution >= 4 is 11.6 Å². The van der Waals surface area contributed by atoms with Gasteiger partial charge in [-0.05, 0) is 37.1 Å². The average molecular weight is 215 g/mol. The fourth-order valence-electron chi connectivity index (χ4n) is 2.18. The minimum Gasteiger partial charge on any atom is -0.222 e. The predicted molar refractivity (Wildman–Crippen MR) is 54.2 cm³/mol. The Bertz CT molecular complexity index is 314. The summed E-state index contributed by atoms with van der Waals surface area (Å²) in [6, 6.07) is 0. The third-order valence-corrected chi connectivity index (χ3v) is 3.24. The molecular weight excluding hydrogens is 200 g/mol. The Kier molecular flexibility index (Phi) is 2.47. The first-order valence-electron chi connectivity index (χ1n) is 5.06. The summed E-state index contributed by atoms with van der Waals surface area (Å²) >= 11 is 6.03. The second kappa shape index (κ2) is 3.50. The van der Waals surface area contributed by atoms with E-state index in [4.69, 9.17) is 11.6 Å². The van der Waals surface area contributed by atoms with Crippen molar-refractivity contribution in [2.75, 3.05) is 0 Å². The highest BCUT2D eigenvalue weighted by molar-refractivity contribution is 6.20. The molecule has 0 N–H and O–H groups in total. The van der Waals surface area contributed by atoms with Crippen LogP contribution in [-0.4, -0.2) is 20.2 Å². The molecule has 0 amide bonds. The maximum atomic E-state index is 6.03. The van der Waals surface area contributed by atoms with E-state index in [-0.39, 0.29) is 10.9 Å². The molecule has 1 unspecified atom stereocenters. The lowest BCUT2D eigenvalue weighted by Gasteiger charge is -2.25. The number of aromatic nitrogens is 4. The molecule has 0 aromatic carbocycles. The Balaban J connectivity index is 2.35. The second-order valence-electron chi connectivity index (χ2n) is 4.27. The highest BCUT2D eigenvalue weighted by Crippen LogP contribution is 2.37. The molecule has 2 rings (SSSR count). The van der Waals surface area contributed by atoms with Gasteiger partial charge in [0.25, 0.3) is 0 Å². The monoisotopic (exact) mass is 214 g/mol. The SMILES string of the molecule is CC(Cl)c1nnnn1C1(C)CCCC1. The van der Waals surface area contributed by atoms with Crippen LogP contribution in [0.3, 0.4) is 0 Å². The third-order valence-electron chi connectivity index (χ3n) is 3.04. The van der Waals surface area contributed by atoms with E-state index < -0.39 is 0 Å². The van der Waals surface area contributed by atoms with Crippen LogP contribution in [0.1, 0.15) is 50.7 Å².